The van der Waals surface area contributed by atoms with Crippen LogP contribution in [0.5, 0.6) is 0 Å². The van der Waals surface area contributed by atoms with Crippen LogP contribution in [0.15, 0.2) is 30.9 Å². The molecule has 1 aromatic carbocycles. The lowest BCUT2D eigenvalue weighted by Gasteiger charge is -2.24. The second-order valence-corrected chi connectivity index (χ2v) is 9.96. The number of carboxylic acids is 1. The molecule has 0 bridgehead atoms. The lowest BCUT2D eigenvalue weighted by molar-refractivity contribution is -0.139. The zero-order chi connectivity index (χ0) is 18.5. The monoisotopic (exact) mass is 349 g/mol. The van der Waals surface area contributed by atoms with Gasteiger partial charge in [-0.2, -0.15) is 0 Å². The van der Waals surface area contributed by atoms with Gasteiger partial charge in [0.2, 0.25) is 0 Å². The van der Waals surface area contributed by atoms with E-state index in [2.05, 4.69) is 25.0 Å². The van der Waals surface area contributed by atoms with Crippen LogP contribution >= 0.6 is 0 Å². The summed E-state index contributed by atoms with van der Waals surface area (Å²) in [5, 5.41) is 13.1. The van der Waals surface area contributed by atoms with E-state index < -0.39 is 32.5 Å². The minimum Gasteiger partial charge on any atom is -0.479 e. The molecule has 132 valence electrons. The molecule has 0 aliphatic carbocycles. The van der Waals surface area contributed by atoms with E-state index in [1.165, 1.54) is 0 Å². The smallest absolute Gasteiger partial charge is 0.408 e. The highest BCUT2D eigenvalue weighted by molar-refractivity contribution is 6.71. The van der Waals surface area contributed by atoms with Gasteiger partial charge < -0.3 is 15.2 Å². The summed E-state index contributed by atoms with van der Waals surface area (Å²) in [6.07, 6.45) is 1.81. The first-order chi connectivity index (χ1) is 11.0. The Morgan fingerprint density at radius 1 is 1.38 bits per heavy atom. The predicted molar refractivity (Wildman–Crippen MR) is 98.6 cm³/mol. The Bertz CT molecular complexity index is 620. The van der Waals surface area contributed by atoms with Crippen molar-refractivity contribution >= 4 is 26.0 Å². The molecule has 1 aromatic rings. The second-order valence-electron chi connectivity index (χ2n) is 7.03. The molecule has 24 heavy (non-hydrogen) atoms. The van der Waals surface area contributed by atoms with Gasteiger partial charge in [0.1, 0.15) is 5.60 Å². The van der Waals surface area contributed by atoms with Crippen molar-refractivity contribution < 1.29 is 19.4 Å². The number of ether oxygens (including phenoxy) is 1. The van der Waals surface area contributed by atoms with Crippen LogP contribution in [-0.2, 0) is 16.0 Å². The molecule has 1 amide bonds. The average Bonchev–Trinajstić information content (AvgIpc) is 2.43. The molecule has 1 rings (SSSR count). The van der Waals surface area contributed by atoms with Gasteiger partial charge in [-0.05, 0) is 38.3 Å². The number of hydrogen-bond donors (Lipinski definition) is 2. The Morgan fingerprint density at radius 3 is 2.46 bits per heavy atom. The van der Waals surface area contributed by atoms with Crippen LogP contribution in [0.2, 0.25) is 13.1 Å². The van der Waals surface area contributed by atoms with E-state index in [-0.39, 0.29) is 0 Å². The standard InChI is InChI=1S/C18H27NO4Si/c1-7-8-12-9-10-13(14(11-12)24(5)6)15(16(20)21)19-17(22)23-18(2,3)4/h7,9-11,15,24H,1,8H2,2-6H3,(H,19,22)(H,20,21)/t15-/m0/s1. The third-order valence-corrected chi connectivity index (χ3v) is 5.12. The summed E-state index contributed by atoms with van der Waals surface area (Å²) in [6.45, 7) is 13.2. The highest BCUT2D eigenvalue weighted by Crippen LogP contribution is 2.16. The molecule has 0 saturated carbocycles. The number of nitrogens with one attached hydrogen (secondary N) is 1. The molecule has 2 N–H and O–H groups in total. The van der Waals surface area contributed by atoms with Crippen LogP contribution in [-0.4, -0.2) is 31.6 Å². The van der Waals surface area contributed by atoms with E-state index in [4.69, 9.17) is 4.74 Å². The quantitative estimate of drug-likeness (QED) is 0.612. The van der Waals surface area contributed by atoms with Gasteiger partial charge in [-0.1, -0.05) is 42.6 Å². The van der Waals surface area contributed by atoms with Crippen LogP contribution in [0.25, 0.3) is 0 Å². The van der Waals surface area contributed by atoms with E-state index in [0.717, 1.165) is 17.2 Å². The minimum atomic E-state index is -1.30. The number of carbonyl (C=O) groups is 2. The number of allylic oxidation sites excluding steroid dienone is 1. The molecule has 0 aliphatic heterocycles. The highest BCUT2D eigenvalue weighted by atomic mass is 28.3. The molecule has 0 radical (unpaired) electrons. The maximum atomic E-state index is 12.0. The number of amides is 1. The van der Waals surface area contributed by atoms with Crippen molar-refractivity contribution in [1.82, 2.24) is 5.32 Å². The van der Waals surface area contributed by atoms with Gasteiger partial charge in [0.05, 0.1) is 8.80 Å². The number of carbonyl (C=O) groups excluding carboxylic acids is 1. The number of rotatable bonds is 6. The minimum absolute atomic E-state index is 0.628. The van der Waals surface area contributed by atoms with E-state index in [9.17, 15) is 14.7 Å². The summed E-state index contributed by atoms with van der Waals surface area (Å²) in [5.74, 6) is -1.10. The number of carboxylic acid groups (broad SMARTS) is 1. The third-order valence-electron chi connectivity index (χ3n) is 3.37. The summed E-state index contributed by atoms with van der Waals surface area (Å²) in [7, 11) is -1.30. The molecule has 0 heterocycles. The van der Waals surface area contributed by atoms with Gasteiger partial charge in [-0.25, -0.2) is 9.59 Å². The van der Waals surface area contributed by atoms with Gasteiger partial charge in [-0.3, -0.25) is 0 Å². The molecule has 6 heteroatoms. The van der Waals surface area contributed by atoms with Crippen molar-refractivity contribution in [1.29, 1.82) is 0 Å². The van der Waals surface area contributed by atoms with Crippen LogP contribution in [0.3, 0.4) is 0 Å². The van der Waals surface area contributed by atoms with Crippen molar-refractivity contribution in [3.05, 3.63) is 42.0 Å². The van der Waals surface area contributed by atoms with Gasteiger partial charge in [0.15, 0.2) is 6.04 Å². The molecule has 0 saturated heterocycles. The topological polar surface area (TPSA) is 75.6 Å². The Labute approximate surface area is 145 Å². The van der Waals surface area contributed by atoms with Crippen molar-refractivity contribution in [3.8, 4) is 0 Å². The first-order valence-electron chi connectivity index (χ1n) is 8.01. The molecule has 0 fully saturated rings. The van der Waals surface area contributed by atoms with Crippen LogP contribution in [0.4, 0.5) is 4.79 Å². The highest BCUT2D eigenvalue weighted by Gasteiger charge is 2.28. The lowest BCUT2D eigenvalue weighted by atomic mass is 10.0. The lowest BCUT2D eigenvalue weighted by Crippen LogP contribution is -2.41. The normalized spacial score (nSPS) is 12.6. The molecular formula is C18H27NO4Si. The second kappa shape index (κ2) is 8.15. The molecular weight excluding hydrogens is 322 g/mol. The van der Waals surface area contributed by atoms with Crippen LogP contribution < -0.4 is 10.5 Å². The van der Waals surface area contributed by atoms with Gasteiger partial charge in [0, 0.05) is 0 Å². The van der Waals surface area contributed by atoms with E-state index in [1.807, 2.05) is 18.2 Å². The Kier molecular flexibility index (Phi) is 6.77. The average molecular weight is 350 g/mol. The van der Waals surface area contributed by atoms with E-state index in [1.54, 1.807) is 26.8 Å². The van der Waals surface area contributed by atoms with Gasteiger partial charge in [-0.15, -0.1) is 6.58 Å². The summed E-state index contributed by atoms with van der Waals surface area (Å²) >= 11 is 0. The largest absolute Gasteiger partial charge is 0.479 e. The van der Waals surface area contributed by atoms with Gasteiger partial charge in [0.25, 0.3) is 0 Å². The fourth-order valence-electron chi connectivity index (χ4n) is 2.38. The zero-order valence-corrected chi connectivity index (χ0v) is 16.2. The Balaban J connectivity index is 3.18. The first-order valence-corrected chi connectivity index (χ1v) is 10.9. The molecule has 0 aromatic heterocycles. The molecule has 0 spiro atoms. The van der Waals surface area contributed by atoms with Crippen molar-refractivity contribution in [2.45, 2.75) is 51.9 Å². The van der Waals surface area contributed by atoms with Gasteiger partial charge >= 0.3 is 12.1 Å². The van der Waals surface area contributed by atoms with Crippen molar-refractivity contribution in [2.75, 3.05) is 0 Å². The maximum Gasteiger partial charge on any atom is 0.408 e. The summed E-state index contributed by atoms with van der Waals surface area (Å²) < 4.78 is 5.19. The Morgan fingerprint density at radius 2 is 2.00 bits per heavy atom. The van der Waals surface area contributed by atoms with Crippen molar-refractivity contribution in [2.24, 2.45) is 0 Å². The van der Waals surface area contributed by atoms with Crippen LogP contribution in [0, 0.1) is 0 Å². The fraction of sp³-hybridized carbons (Fsp3) is 0.444. The number of alkyl carbamates (subject to hydrolysis) is 1. The fourth-order valence-corrected chi connectivity index (χ4v) is 3.86. The zero-order valence-electron chi connectivity index (χ0n) is 15.1. The summed E-state index contributed by atoms with van der Waals surface area (Å²) in [6, 6.07) is 4.57. The Hall–Kier alpha value is -2.08. The number of aliphatic carboxylic acids is 1. The summed E-state index contributed by atoms with van der Waals surface area (Å²) in [5.41, 5.74) is 1.03. The summed E-state index contributed by atoms with van der Waals surface area (Å²) in [4.78, 5) is 23.7. The third kappa shape index (κ3) is 5.85. The number of hydrogen-bond acceptors (Lipinski definition) is 3. The number of benzene rings is 1. The van der Waals surface area contributed by atoms with Crippen molar-refractivity contribution in [3.63, 3.8) is 0 Å². The molecule has 1 atom stereocenters. The molecule has 0 unspecified atom stereocenters. The molecule has 5 nitrogen and oxygen atoms in total. The van der Waals surface area contributed by atoms with E-state index in [0.29, 0.717) is 5.56 Å². The van der Waals surface area contributed by atoms with Crippen LogP contribution in [0.1, 0.15) is 37.9 Å². The van der Waals surface area contributed by atoms with E-state index >= 15 is 0 Å². The maximum absolute atomic E-state index is 12.0. The first kappa shape index (κ1) is 20.0. The molecule has 0 aliphatic rings. The predicted octanol–water partition coefficient (Wildman–Crippen LogP) is 2.76. The SMILES string of the molecule is C=CCc1ccc([C@H](NC(=O)OC(C)(C)C)C(=O)O)c([SiH](C)C)c1.